The molecule has 4 rings (SSSR count). The third-order valence-corrected chi connectivity index (χ3v) is 7.37. The van der Waals surface area contributed by atoms with Gasteiger partial charge in [-0.3, -0.25) is 0 Å². The van der Waals surface area contributed by atoms with E-state index in [2.05, 4.69) is 33.6 Å². The van der Waals surface area contributed by atoms with Crippen LogP contribution in [0.5, 0.6) is 0 Å². The molecule has 170 valence electrons. The van der Waals surface area contributed by atoms with Crippen molar-refractivity contribution in [2.75, 3.05) is 37.3 Å². The maximum Gasteiger partial charge on any atom is 0.177 e. The quantitative estimate of drug-likeness (QED) is 0.589. The molecule has 0 amide bonds. The molecule has 1 fully saturated rings. The lowest BCUT2D eigenvalue weighted by Gasteiger charge is -2.28. The molecule has 1 aliphatic rings. The smallest absolute Gasteiger partial charge is 0.177 e. The van der Waals surface area contributed by atoms with E-state index in [1.165, 1.54) is 6.26 Å². The van der Waals surface area contributed by atoms with Gasteiger partial charge >= 0.3 is 0 Å². The summed E-state index contributed by atoms with van der Waals surface area (Å²) in [7, 11) is -3.49. The summed E-state index contributed by atoms with van der Waals surface area (Å²) in [5.41, 5.74) is 4.12. The summed E-state index contributed by atoms with van der Waals surface area (Å²) >= 11 is 6.15. The van der Waals surface area contributed by atoms with Crippen molar-refractivity contribution in [3.63, 3.8) is 0 Å². The van der Waals surface area contributed by atoms with Gasteiger partial charge in [-0.2, -0.15) is 0 Å². The van der Waals surface area contributed by atoms with E-state index in [0.29, 0.717) is 9.92 Å². The van der Waals surface area contributed by atoms with Crippen LogP contribution in [0.4, 0.5) is 5.82 Å². The van der Waals surface area contributed by atoms with Crippen LogP contribution in [-0.4, -0.2) is 50.4 Å². The van der Waals surface area contributed by atoms with E-state index in [9.17, 15) is 8.42 Å². The van der Waals surface area contributed by atoms with Crippen LogP contribution >= 0.6 is 11.6 Å². The molecule has 1 saturated heterocycles. The number of hydrogen-bond acceptors (Lipinski definition) is 5. The van der Waals surface area contributed by atoms with Crippen molar-refractivity contribution in [1.82, 2.24) is 14.9 Å². The Labute approximate surface area is 195 Å². The second-order valence-electron chi connectivity index (χ2n) is 8.52. The molecule has 0 unspecified atom stereocenters. The van der Waals surface area contributed by atoms with Gasteiger partial charge in [0.15, 0.2) is 9.84 Å². The normalized spacial score (nSPS) is 14.9. The number of aromatic nitrogens is 2. The molecule has 0 saturated carbocycles. The first-order chi connectivity index (χ1) is 15.2. The topological polar surface area (TPSA) is 67.2 Å². The highest BCUT2D eigenvalue weighted by atomic mass is 35.5. The van der Waals surface area contributed by atoms with Crippen molar-refractivity contribution in [3.05, 3.63) is 53.3 Å². The van der Waals surface area contributed by atoms with E-state index in [0.717, 1.165) is 60.1 Å². The van der Waals surface area contributed by atoms with Crippen LogP contribution in [-0.2, 0) is 9.84 Å². The minimum atomic E-state index is -3.49. The Balaban J connectivity index is 2.02. The summed E-state index contributed by atoms with van der Waals surface area (Å²) in [6.45, 7) is 9.56. The van der Waals surface area contributed by atoms with Crippen molar-refractivity contribution < 1.29 is 8.42 Å². The molecule has 2 aromatic heterocycles. The summed E-state index contributed by atoms with van der Waals surface area (Å²) in [5, 5.41) is 4.00. The molecule has 6 nitrogen and oxygen atoms in total. The molecule has 8 heteroatoms. The predicted octanol–water partition coefficient (Wildman–Crippen LogP) is 4.57. The van der Waals surface area contributed by atoms with Gasteiger partial charge in [-0.05, 0) is 56.2 Å². The first-order valence-electron chi connectivity index (χ1n) is 10.8. The van der Waals surface area contributed by atoms with Gasteiger partial charge < -0.3 is 14.8 Å². The van der Waals surface area contributed by atoms with E-state index in [1.807, 2.05) is 43.3 Å². The maximum absolute atomic E-state index is 13.0. The van der Waals surface area contributed by atoms with Crippen LogP contribution in [0, 0.1) is 6.92 Å². The molecule has 3 heterocycles. The van der Waals surface area contributed by atoms with Crippen LogP contribution < -0.4 is 10.2 Å². The van der Waals surface area contributed by atoms with Crippen LogP contribution in [0.25, 0.3) is 22.4 Å². The Morgan fingerprint density at radius 2 is 1.72 bits per heavy atom. The number of halogens is 1. The molecule has 1 N–H and O–H groups in total. The van der Waals surface area contributed by atoms with Crippen molar-refractivity contribution >= 4 is 27.3 Å². The van der Waals surface area contributed by atoms with Gasteiger partial charge in [-0.1, -0.05) is 23.7 Å². The van der Waals surface area contributed by atoms with Gasteiger partial charge in [0, 0.05) is 61.0 Å². The van der Waals surface area contributed by atoms with Crippen LogP contribution in [0.3, 0.4) is 0 Å². The van der Waals surface area contributed by atoms with Crippen molar-refractivity contribution in [1.29, 1.82) is 0 Å². The molecule has 0 aliphatic carbocycles. The Morgan fingerprint density at radius 1 is 1.06 bits per heavy atom. The highest BCUT2D eigenvalue weighted by Crippen LogP contribution is 2.43. The highest BCUT2D eigenvalue weighted by Gasteiger charge is 2.30. The maximum atomic E-state index is 13.0. The zero-order valence-corrected chi connectivity index (χ0v) is 20.5. The molecule has 0 spiro atoms. The average molecular weight is 473 g/mol. The summed E-state index contributed by atoms with van der Waals surface area (Å²) in [4.78, 5) is 7.18. The molecule has 0 atom stereocenters. The zero-order valence-electron chi connectivity index (χ0n) is 18.9. The fourth-order valence-electron chi connectivity index (χ4n) is 4.58. The summed E-state index contributed by atoms with van der Waals surface area (Å²) in [6, 6.07) is 11.6. The fourth-order valence-corrected chi connectivity index (χ4v) is 5.93. The molecule has 1 aliphatic heterocycles. The van der Waals surface area contributed by atoms with Gasteiger partial charge in [0.2, 0.25) is 0 Å². The Bertz CT molecular complexity index is 1230. The van der Waals surface area contributed by atoms with Gasteiger partial charge in [0.05, 0.1) is 10.6 Å². The summed E-state index contributed by atoms with van der Waals surface area (Å²) in [5.74, 6) is 0.862. The Hall–Kier alpha value is -2.35. The fraction of sp³-hybridized carbons (Fsp3) is 0.375. The largest absolute Gasteiger partial charge is 0.354 e. The standard InChI is InChI=1S/C24H29ClN4O2S/c1-16(2)29-17(3)24(32(4,30)31)22(23(29)18-5-7-20(25)8-6-18)19-9-10-27-21(15-19)28-13-11-26-12-14-28/h5-10,15-16,26H,11-14H2,1-4H3. The van der Waals surface area contributed by atoms with Gasteiger partial charge in [0.1, 0.15) is 5.82 Å². The minimum absolute atomic E-state index is 0.0735. The van der Waals surface area contributed by atoms with Crippen LogP contribution in [0.2, 0.25) is 5.02 Å². The number of sulfone groups is 1. The van der Waals surface area contributed by atoms with Gasteiger partial charge in [-0.15, -0.1) is 0 Å². The minimum Gasteiger partial charge on any atom is -0.354 e. The lowest BCUT2D eigenvalue weighted by molar-refractivity contribution is 0.583. The lowest BCUT2D eigenvalue weighted by Crippen LogP contribution is -2.43. The third-order valence-electron chi connectivity index (χ3n) is 5.87. The summed E-state index contributed by atoms with van der Waals surface area (Å²) in [6.07, 6.45) is 3.06. The number of rotatable bonds is 5. The Kier molecular flexibility index (Phi) is 6.34. The molecular formula is C24H29ClN4O2S. The van der Waals surface area contributed by atoms with E-state index in [-0.39, 0.29) is 6.04 Å². The third kappa shape index (κ3) is 4.29. The highest BCUT2D eigenvalue weighted by molar-refractivity contribution is 7.91. The number of anilines is 1. The van der Waals surface area contributed by atoms with E-state index >= 15 is 0 Å². The number of hydrogen-bond donors (Lipinski definition) is 1. The number of pyridine rings is 1. The number of nitrogens with zero attached hydrogens (tertiary/aromatic N) is 3. The average Bonchev–Trinajstić information content (AvgIpc) is 3.08. The molecule has 0 bridgehead atoms. The Morgan fingerprint density at radius 3 is 2.31 bits per heavy atom. The van der Waals surface area contributed by atoms with Crippen molar-refractivity contribution in [2.45, 2.75) is 31.7 Å². The molecule has 0 radical (unpaired) electrons. The number of nitrogens with one attached hydrogen (secondary N) is 1. The number of piperazine rings is 1. The SMILES string of the molecule is Cc1c(S(C)(=O)=O)c(-c2ccnc(N3CCNCC3)c2)c(-c2ccc(Cl)cc2)n1C(C)C. The second-order valence-corrected chi connectivity index (χ2v) is 10.9. The monoisotopic (exact) mass is 472 g/mol. The van der Waals surface area contributed by atoms with Gasteiger partial charge in [0.25, 0.3) is 0 Å². The zero-order chi connectivity index (χ0) is 23.0. The molecule has 1 aromatic carbocycles. The van der Waals surface area contributed by atoms with Crippen LogP contribution in [0.15, 0.2) is 47.5 Å². The predicted molar refractivity (Wildman–Crippen MR) is 131 cm³/mol. The van der Waals surface area contributed by atoms with Gasteiger partial charge in [-0.25, -0.2) is 13.4 Å². The van der Waals surface area contributed by atoms with Crippen LogP contribution in [0.1, 0.15) is 25.6 Å². The first kappa shape index (κ1) is 22.8. The molecule has 3 aromatic rings. The second kappa shape index (κ2) is 8.89. The lowest BCUT2D eigenvalue weighted by atomic mass is 10.0. The van der Waals surface area contributed by atoms with E-state index in [4.69, 9.17) is 11.6 Å². The van der Waals surface area contributed by atoms with Crippen molar-refractivity contribution in [2.24, 2.45) is 0 Å². The van der Waals surface area contributed by atoms with E-state index < -0.39 is 9.84 Å². The number of benzene rings is 1. The van der Waals surface area contributed by atoms with E-state index in [1.54, 1.807) is 6.20 Å². The summed E-state index contributed by atoms with van der Waals surface area (Å²) < 4.78 is 28.2. The van der Waals surface area contributed by atoms with Crippen molar-refractivity contribution in [3.8, 4) is 22.4 Å². The molecular weight excluding hydrogens is 444 g/mol. The molecule has 32 heavy (non-hydrogen) atoms. The first-order valence-corrected chi connectivity index (χ1v) is 13.1.